The van der Waals surface area contributed by atoms with E-state index in [4.69, 9.17) is 4.74 Å². The van der Waals surface area contributed by atoms with Gasteiger partial charge in [-0.2, -0.15) is 24.9 Å². The molecular formula is C31H30F3N2O5S2-. The monoisotopic (exact) mass is 631 g/mol. The summed E-state index contributed by atoms with van der Waals surface area (Å²) in [5.74, 6) is 0.835. The van der Waals surface area contributed by atoms with Gasteiger partial charge in [-0.05, 0) is 78.1 Å². The molecule has 1 aliphatic heterocycles. The van der Waals surface area contributed by atoms with Crippen molar-refractivity contribution in [2.45, 2.75) is 44.0 Å². The number of hydrogen-bond acceptors (Lipinski definition) is 7. The van der Waals surface area contributed by atoms with Gasteiger partial charge in [0, 0.05) is 42.7 Å². The number of nitrogens with zero attached hydrogens (tertiary/aromatic N) is 2. The van der Waals surface area contributed by atoms with E-state index in [0.29, 0.717) is 34.1 Å². The molecule has 2 heterocycles. The molecule has 1 atom stereocenters. The van der Waals surface area contributed by atoms with Crippen molar-refractivity contribution in [1.82, 2.24) is 8.87 Å². The summed E-state index contributed by atoms with van der Waals surface area (Å²) < 4.78 is 74.1. The Morgan fingerprint density at radius 3 is 2.30 bits per heavy atom. The van der Waals surface area contributed by atoms with E-state index in [1.54, 1.807) is 32.2 Å². The number of carboxylic acids is 1. The van der Waals surface area contributed by atoms with Crippen LogP contribution in [0.25, 0.3) is 22.0 Å². The molecule has 0 spiro atoms. The van der Waals surface area contributed by atoms with E-state index in [9.17, 15) is 31.5 Å². The number of carboxylic acid groups (broad SMARTS) is 1. The van der Waals surface area contributed by atoms with Gasteiger partial charge < -0.3 is 14.6 Å². The van der Waals surface area contributed by atoms with Crippen LogP contribution in [-0.2, 0) is 27.5 Å². The summed E-state index contributed by atoms with van der Waals surface area (Å²) in [5, 5.41) is 12.0. The Morgan fingerprint density at radius 1 is 1.02 bits per heavy atom. The van der Waals surface area contributed by atoms with E-state index in [0.717, 1.165) is 42.3 Å². The van der Waals surface area contributed by atoms with Gasteiger partial charge >= 0.3 is 6.18 Å². The van der Waals surface area contributed by atoms with Crippen LogP contribution in [0.15, 0.2) is 71.8 Å². The van der Waals surface area contributed by atoms with E-state index in [2.05, 4.69) is 4.90 Å². The first-order chi connectivity index (χ1) is 20.4. The van der Waals surface area contributed by atoms with Gasteiger partial charge in [-0.1, -0.05) is 25.1 Å². The number of thioether (sulfide) groups is 1. The number of aromatic nitrogens is 1. The molecule has 1 unspecified atom stereocenters. The molecule has 4 aromatic rings. The van der Waals surface area contributed by atoms with Crippen molar-refractivity contribution in [1.29, 1.82) is 0 Å². The second-order valence-corrected chi connectivity index (χ2v) is 13.5. The van der Waals surface area contributed by atoms with Gasteiger partial charge in [0.2, 0.25) is 0 Å². The molecule has 1 aliphatic rings. The van der Waals surface area contributed by atoms with Crippen molar-refractivity contribution in [2.75, 3.05) is 24.6 Å². The molecule has 0 aliphatic carbocycles. The maximum absolute atomic E-state index is 14.0. The van der Waals surface area contributed by atoms with Crippen LogP contribution in [0.3, 0.4) is 0 Å². The van der Waals surface area contributed by atoms with Crippen molar-refractivity contribution in [3.63, 3.8) is 0 Å². The third kappa shape index (κ3) is 6.56. The minimum absolute atomic E-state index is 0.00323. The Hall–Kier alpha value is -3.48. The fourth-order valence-corrected chi connectivity index (χ4v) is 7.56. The summed E-state index contributed by atoms with van der Waals surface area (Å²) in [5.41, 5.74) is 2.19. The Bertz CT molecular complexity index is 1750. The predicted molar refractivity (Wildman–Crippen MR) is 158 cm³/mol. The number of aliphatic carboxylic acids is 1. The lowest BCUT2D eigenvalue weighted by Gasteiger charge is -2.25. The first kappa shape index (κ1) is 31.0. The van der Waals surface area contributed by atoms with E-state index in [-0.39, 0.29) is 17.1 Å². The van der Waals surface area contributed by atoms with Gasteiger partial charge in [0.1, 0.15) is 11.9 Å². The van der Waals surface area contributed by atoms with Gasteiger partial charge in [0.15, 0.2) is 0 Å². The standard InChI is InChI=1S/C31H31F3N2O5S2/c1-3-28(30(37)38)41-29-11-9-25(16-20(29)2)43(39,40)36-19-23(18-35-12-14-42-15-13-35)26-17-22(6-10-27(26)36)21-4-7-24(8-5-21)31(32,33)34/h4-11,16-17,19,28H,3,12-15,18H2,1-2H3,(H,37,38)/p-1. The number of carbonyl (C=O) groups excluding carboxylic acids is 1. The first-order valence-electron chi connectivity index (χ1n) is 13.7. The summed E-state index contributed by atoms with van der Waals surface area (Å²) in [6.07, 6.45) is -3.81. The molecule has 0 radical (unpaired) electrons. The number of aryl methyl sites for hydroxylation is 1. The highest BCUT2D eigenvalue weighted by Gasteiger charge is 2.30. The normalized spacial score (nSPS) is 15.5. The molecular weight excluding hydrogens is 601 g/mol. The van der Waals surface area contributed by atoms with Crippen LogP contribution >= 0.6 is 11.8 Å². The Labute approximate surface area is 252 Å². The number of hydrogen-bond donors (Lipinski definition) is 0. The van der Waals surface area contributed by atoms with Gasteiger partial charge in [-0.15, -0.1) is 0 Å². The summed E-state index contributed by atoms with van der Waals surface area (Å²) in [6.45, 7) is 5.51. The van der Waals surface area contributed by atoms with Gasteiger partial charge in [0.25, 0.3) is 10.0 Å². The smallest absolute Gasteiger partial charge is 0.416 e. The second-order valence-electron chi connectivity index (χ2n) is 10.4. The Kier molecular flexibility index (Phi) is 8.82. The average molecular weight is 632 g/mol. The zero-order valence-electron chi connectivity index (χ0n) is 23.6. The molecule has 3 aromatic carbocycles. The molecule has 12 heteroatoms. The molecule has 43 heavy (non-hydrogen) atoms. The molecule has 7 nitrogen and oxygen atoms in total. The van der Waals surface area contributed by atoms with E-state index in [1.807, 2.05) is 17.8 Å². The molecule has 228 valence electrons. The molecule has 0 amide bonds. The van der Waals surface area contributed by atoms with E-state index < -0.39 is 33.8 Å². The highest BCUT2D eigenvalue weighted by molar-refractivity contribution is 7.99. The quantitative estimate of drug-likeness (QED) is 0.247. The Morgan fingerprint density at radius 2 is 1.70 bits per heavy atom. The summed E-state index contributed by atoms with van der Waals surface area (Å²) in [7, 11) is -4.09. The topological polar surface area (TPSA) is 91.7 Å². The van der Waals surface area contributed by atoms with Gasteiger partial charge in [-0.25, -0.2) is 12.4 Å². The molecule has 0 N–H and O–H groups in total. The van der Waals surface area contributed by atoms with Crippen LogP contribution in [-0.4, -0.2) is 54.0 Å². The number of alkyl halides is 3. The molecule has 0 saturated carbocycles. The highest BCUT2D eigenvalue weighted by Crippen LogP contribution is 2.35. The van der Waals surface area contributed by atoms with Crippen LogP contribution in [0.5, 0.6) is 5.75 Å². The van der Waals surface area contributed by atoms with Crippen molar-refractivity contribution in [3.8, 4) is 16.9 Å². The van der Waals surface area contributed by atoms with Crippen LogP contribution in [0.2, 0.25) is 0 Å². The van der Waals surface area contributed by atoms with Crippen LogP contribution in [0.1, 0.15) is 30.0 Å². The number of ether oxygens (including phenoxy) is 1. The van der Waals surface area contributed by atoms with Crippen LogP contribution in [0, 0.1) is 6.92 Å². The zero-order chi connectivity index (χ0) is 30.9. The molecule has 1 aromatic heterocycles. The Balaban J connectivity index is 1.56. The van der Waals surface area contributed by atoms with Gasteiger partial charge in [0.05, 0.1) is 21.9 Å². The highest BCUT2D eigenvalue weighted by atomic mass is 32.2. The summed E-state index contributed by atoms with van der Waals surface area (Å²) >= 11 is 1.86. The van der Waals surface area contributed by atoms with Crippen molar-refractivity contribution >= 4 is 38.7 Å². The predicted octanol–water partition coefficient (Wildman–Crippen LogP) is 5.33. The largest absolute Gasteiger partial charge is 0.546 e. The number of benzene rings is 3. The third-order valence-corrected chi connectivity index (χ3v) is 10.1. The second kappa shape index (κ2) is 12.3. The fraction of sp³-hybridized carbons (Fsp3) is 0.323. The fourth-order valence-electron chi connectivity index (χ4n) is 5.10. The van der Waals surface area contributed by atoms with Gasteiger partial charge in [-0.3, -0.25) is 4.90 Å². The number of carbonyl (C=O) groups is 1. The summed E-state index contributed by atoms with van der Waals surface area (Å²) in [6, 6.07) is 14.3. The molecule has 1 saturated heterocycles. The minimum atomic E-state index is -4.44. The zero-order valence-corrected chi connectivity index (χ0v) is 25.2. The summed E-state index contributed by atoms with van der Waals surface area (Å²) in [4.78, 5) is 13.6. The number of fused-ring (bicyclic) bond motifs is 1. The lowest BCUT2D eigenvalue weighted by Crippen LogP contribution is -2.39. The average Bonchev–Trinajstić information content (AvgIpc) is 3.34. The van der Waals surface area contributed by atoms with Crippen LogP contribution < -0.4 is 9.84 Å². The molecule has 5 rings (SSSR count). The van der Waals surface area contributed by atoms with Crippen molar-refractivity contribution in [3.05, 3.63) is 83.6 Å². The van der Waals surface area contributed by atoms with Crippen molar-refractivity contribution < 1.29 is 36.2 Å². The first-order valence-corrected chi connectivity index (χ1v) is 16.3. The number of rotatable bonds is 9. The molecule has 0 bridgehead atoms. The maximum atomic E-state index is 14.0. The SMILES string of the molecule is CCC(Oc1ccc(S(=O)(=O)n2cc(CN3CCSCC3)c3cc(-c4ccc(C(F)(F)F)cc4)ccc32)cc1C)C(=O)[O-]. The number of halogens is 3. The lowest BCUT2D eigenvalue weighted by atomic mass is 10.0. The van der Waals surface area contributed by atoms with Crippen LogP contribution in [0.4, 0.5) is 13.2 Å². The third-order valence-electron chi connectivity index (χ3n) is 7.50. The molecule has 1 fully saturated rings. The minimum Gasteiger partial charge on any atom is -0.546 e. The van der Waals surface area contributed by atoms with Crippen molar-refractivity contribution in [2.24, 2.45) is 0 Å². The van der Waals surface area contributed by atoms with E-state index >= 15 is 0 Å². The lowest BCUT2D eigenvalue weighted by molar-refractivity contribution is -0.313. The van der Waals surface area contributed by atoms with E-state index in [1.165, 1.54) is 34.3 Å². The maximum Gasteiger partial charge on any atom is 0.416 e.